The summed E-state index contributed by atoms with van der Waals surface area (Å²) in [5.74, 6) is 1.26. The Morgan fingerprint density at radius 1 is 0.500 bits per heavy atom. The number of hydrogen-bond donors (Lipinski definition) is 2. The lowest BCUT2D eigenvalue weighted by atomic mass is 10.1. The van der Waals surface area contributed by atoms with Crippen LogP contribution in [0.2, 0.25) is 0 Å². The molecular formula is C28H24N2O2S2. The number of benzene rings is 4. The summed E-state index contributed by atoms with van der Waals surface area (Å²) in [5.41, 5.74) is 5.03. The lowest BCUT2D eigenvalue weighted by Crippen LogP contribution is -2.13. The molecule has 4 aromatic rings. The van der Waals surface area contributed by atoms with Gasteiger partial charge in [0.05, 0.1) is 0 Å². The third-order valence-corrected chi connectivity index (χ3v) is 7.35. The third kappa shape index (κ3) is 6.53. The highest BCUT2D eigenvalue weighted by Crippen LogP contribution is 2.33. The van der Waals surface area contributed by atoms with Crippen molar-refractivity contribution >= 4 is 44.8 Å². The van der Waals surface area contributed by atoms with E-state index in [1.807, 2.05) is 84.9 Å². The Morgan fingerprint density at radius 2 is 0.853 bits per heavy atom. The van der Waals surface area contributed by atoms with Crippen LogP contribution in [0.4, 0.5) is 11.4 Å². The molecular weight excluding hydrogens is 460 g/mol. The Labute approximate surface area is 207 Å². The van der Waals surface area contributed by atoms with E-state index >= 15 is 0 Å². The number of carbonyl (C=O) groups is 2. The van der Waals surface area contributed by atoms with E-state index in [1.165, 1.54) is 0 Å². The maximum Gasteiger partial charge on any atom is 0.255 e. The van der Waals surface area contributed by atoms with Crippen molar-refractivity contribution in [3.63, 3.8) is 0 Å². The fourth-order valence-corrected chi connectivity index (χ4v) is 5.50. The van der Waals surface area contributed by atoms with Gasteiger partial charge in [-0.3, -0.25) is 9.59 Å². The normalized spacial score (nSPS) is 10.5. The molecule has 4 nitrogen and oxygen atoms in total. The van der Waals surface area contributed by atoms with E-state index in [2.05, 4.69) is 10.6 Å². The lowest BCUT2D eigenvalue weighted by molar-refractivity contribution is 0.101. The predicted molar refractivity (Wildman–Crippen MR) is 144 cm³/mol. The number of amides is 2. The predicted octanol–water partition coefficient (Wildman–Crippen LogP) is 7.27. The van der Waals surface area contributed by atoms with Crippen molar-refractivity contribution in [3.8, 4) is 0 Å². The van der Waals surface area contributed by atoms with E-state index in [0.29, 0.717) is 11.1 Å². The van der Waals surface area contributed by atoms with Gasteiger partial charge < -0.3 is 10.6 Å². The fraction of sp³-hybridized carbons (Fsp3) is 0.0714. The second-order valence-electron chi connectivity index (χ2n) is 7.48. The minimum absolute atomic E-state index is 0.117. The molecule has 0 fully saturated rings. The second kappa shape index (κ2) is 12.1. The molecule has 6 heteroatoms. The van der Waals surface area contributed by atoms with Crippen molar-refractivity contribution in [1.29, 1.82) is 0 Å². The van der Waals surface area contributed by atoms with E-state index in [-0.39, 0.29) is 11.8 Å². The number of anilines is 2. The first-order chi connectivity index (χ1) is 16.7. The molecule has 0 aliphatic carbocycles. The van der Waals surface area contributed by atoms with Gasteiger partial charge in [0, 0.05) is 34.0 Å². The fourth-order valence-electron chi connectivity index (χ4n) is 3.31. The number of hydrogen-bond acceptors (Lipinski definition) is 4. The highest BCUT2D eigenvalue weighted by atomic mass is 33.1. The van der Waals surface area contributed by atoms with Crippen molar-refractivity contribution in [2.24, 2.45) is 0 Å². The average molecular weight is 485 g/mol. The van der Waals surface area contributed by atoms with E-state index in [0.717, 1.165) is 34.0 Å². The highest BCUT2D eigenvalue weighted by Gasteiger charge is 2.11. The number of rotatable bonds is 9. The van der Waals surface area contributed by atoms with Gasteiger partial charge in [-0.1, -0.05) is 94.4 Å². The smallest absolute Gasteiger partial charge is 0.255 e. The quantitative estimate of drug-likeness (QED) is 0.194. The first-order valence-electron chi connectivity index (χ1n) is 10.8. The molecule has 0 aromatic heterocycles. The Morgan fingerprint density at radius 3 is 1.26 bits per heavy atom. The molecule has 4 rings (SSSR count). The second-order valence-corrected chi connectivity index (χ2v) is 9.94. The van der Waals surface area contributed by atoms with Crippen LogP contribution in [-0.4, -0.2) is 11.8 Å². The van der Waals surface area contributed by atoms with Crippen LogP contribution in [0, 0.1) is 0 Å². The third-order valence-electron chi connectivity index (χ3n) is 5.12. The molecule has 0 saturated heterocycles. The molecule has 0 unspecified atom stereocenters. The Balaban J connectivity index is 1.33. The maximum absolute atomic E-state index is 12.6. The SMILES string of the molecule is O=C(Nc1ccccc1CSSCc1ccccc1NC(=O)c1ccccc1)c1ccccc1. The van der Waals surface area contributed by atoms with Crippen LogP contribution in [0.1, 0.15) is 31.8 Å². The maximum atomic E-state index is 12.6. The van der Waals surface area contributed by atoms with Crippen molar-refractivity contribution in [3.05, 3.63) is 131 Å². The van der Waals surface area contributed by atoms with Gasteiger partial charge in [0.25, 0.3) is 11.8 Å². The Hall–Kier alpha value is -3.48. The summed E-state index contributed by atoms with van der Waals surface area (Å²) in [6, 6.07) is 34.1. The summed E-state index contributed by atoms with van der Waals surface area (Å²) in [7, 11) is 3.43. The van der Waals surface area contributed by atoms with Crippen molar-refractivity contribution in [2.45, 2.75) is 11.5 Å². The van der Waals surface area contributed by atoms with E-state index in [9.17, 15) is 9.59 Å². The number of para-hydroxylation sites is 2. The molecule has 170 valence electrons. The molecule has 2 N–H and O–H groups in total. The molecule has 0 spiro atoms. The van der Waals surface area contributed by atoms with Crippen LogP contribution < -0.4 is 10.6 Å². The van der Waals surface area contributed by atoms with Gasteiger partial charge in [-0.05, 0) is 47.5 Å². The van der Waals surface area contributed by atoms with Crippen molar-refractivity contribution in [1.82, 2.24) is 0 Å². The molecule has 0 aliphatic heterocycles. The standard InChI is InChI=1S/C28H24N2O2S2/c31-27(21-11-3-1-4-12-21)29-25-17-9-7-15-23(25)19-33-34-20-24-16-8-10-18-26(24)30-28(32)22-13-5-2-6-14-22/h1-18H,19-20H2,(H,29,31)(H,30,32). The van der Waals surface area contributed by atoms with Gasteiger partial charge in [-0.15, -0.1) is 0 Å². The first-order valence-corrected chi connectivity index (χ1v) is 13.3. The van der Waals surface area contributed by atoms with Crippen LogP contribution in [0.15, 0.2) is 109 Å². The van der Waals surface area contributed by atoms with Crippen LogP contribution in [0.25, 0.3) is 0 Å². The molecule has 2 amide bonds. The minimum Gasteiger partial charge on any atom is -0.322 e. The van der Waals surface area contributed by atoms with Gasteiger partial charge in [0.15, 0.2) is 0 Å². The molecule has 34 heavy (non-hydrogen) atoms. The largest absolute Gasteiger partial charge is 0.322 e. The first kappa shape index (κ1) is 23.7. The van der Waals surface area contributed by atoms with Gasteiger partial charge in [-0.2, -0.15) is 0 Å². The zero-order chi connectivity index (χ0) is 23.6. The minimum atomic E-state index is -0.117. The molecule has 0 aliphatic rings. The molecule has 0 saturated carbocycles. The molecule has 0 heterocycles. The van der Waals surface area contributed by atoms with E-state index in [1.54, 1.807) is 45.9 Å². The summed E-state index contributed by atoms with van der Waals surface area (Å²) in [6.07, 6.45) is 0. The lowest BCUT2D eigenvalue weighted by Gasteiger charge is -2.12. The topological polar surface area (TPSA) is 58.2 Å². The van der Waals surface area contributed by atoms with Gasteiger partial charge >= 0.3 is 0 Å². The highest BCUT2D eigenvalue weighted by molar-refractivity contribution is 8.76. The van der Waals surface area contributed by atoms with E-state index in [4.69, 9.17) is 0 Å². The molecule has 0 radical (unpaired) electrons. The van der Waals surface area contributed by atoms with Gasteiger partial charge in [0.1, 0.15) is 0 Å². The van der Waals surface area contributed by atoms with Crippen LogP contribution >= 0.6 is 21.6 Å². The zero-order valence-corrected chi connectivity index (χ0v) is 20.1. The van der Waals surface area contributed by atoms with Crippen molar-refractivity contribution < 1.29 is 9.59 Å². The summed E-state index contributed by atoms with van der Waals surface area (Å²) in [6.45, 7) is 0. The summed E-state index contributed by atoms with van der Waals surface area (Å²) in [5, 5.41) is 6.05. The Bertz CT molecular complexity index is 1150. The van der Waals surface area contributed by atoms with Crippen molar-refractivity contribution in [2.75, 3.05) is 10.6 Å². The summed E-state index contributed by atoms with van der Waals surface area (Å²) in [4.78, 5) is 25.1. The Kier molecular flexibility index (Phi) is 8.43. The number of nitrogens with one attached hydrogen (secondary N) is 2. The van der Waals surface area contributed by atoms with E-state index < -0.39 is 0 Å². The van der Waals surface area contributed by atoms with Crippen LogP contribution in [-0.2, 0) is 11.5 Å². The average Bonchev–Trinajstić information content (AvgIpc) is 2.89. The monoisotopic (exact) mass is 484 g/mol. The van der Waals surface area contributed by atoms with Gasteiger partial charge in [-0.25, -0.2) is 0 Å². The van der Waals surface area contributed by atoms with Crippen LogP contribution in [0.3, 0.4) is 0 Å². The molecule has 0 bridgehead atoms. The summed E-state index contributed by atoms with van der Waals surface area (Å²) < 4.78 is 0. The van der Waals surface area contributed by atoms with Crippen LogP contribution in [0.5, 0.6) is 0 Å². The zero-order valence-electron chi connectivity index (χ0n) is 18.4. The molecule has 0 atom stereocenters. The summed E-state index contributed by atoms with van der Waals surface area (Å²) >= 11 is 0. The van der Waals surface area contributed by atoms with Gasteiger partial charge in [0.2, 0.25) is 0 Å². The number of carbonyl (C=O) groups excluding carboxylic acids is 2. The molecule has 4 aromatic carbocycles.